The van der Waals surface area contributed by atoms with Gasteiger partial charge in [0, 0.05) is 28.6 Å². The zero-order valence-electron chi connectivity index (χ0n) is 7.31. The van der Waals surface area contributed by atoms with E-state index in [0.717, 1.165) is 15.6 Å². The van der Waals surface area contributed by atoms with E-state index in [-0.39, 0.29) is 0 Å². The highest BCUT2D eigenvalue weighted by molar-refractivity contribution is 9.10. The molecule has 3 nitrogen and oxygen atoms in total. The van der Waals surface area contributed by atoms with Crippen molar-refractivity contribution in [2.75, 3.05) is 5.73 Å². The molecule has 0 atom stereocenters. The maximum atomic E-state index is 5.62. The summed E-state index contributed by atoms with van der Waals surface area (Å²) in [6.07, 6.45) is 5.20. The van der Waals surface area contributed by atoms with Crippen LogP contribution in [-0.2, 0) is 0 Å². The van der Waals surface area contributed by atoms with Crippen molar-refractivity contribution in [3.8, 4) is 11.1 Å². The third-order valence-electron chi connectivity index (χ3n) is 1.87. The summed E-state index contributed by atoms with van der Waals surface area (Å²) < 4.78 is 0.929. The SMILES string of the molecule is Nc1cc(-c2ccncc2)c(Br)cn1. The fourth-order valence-electron chi connectivity index (χ4n) is 1.21. The molecule has 0 bridgehead atoms. The third-order valence-corrected chi connectivity index (χ3v) is 2.50. The molecule has 70 valence electrons. The van der Waals surface area contributed by atoms with Gasteiger partial charge < -0.3 is 5.73 Å². The summed E-state index contributed by atoms with van der Waals surface area (Å²) in [5.41, 5.74) is 7.72. The Balaban J connectivity index is 2.57. The zero-order chi connectivity index (χ0) is 9.97. The van der Waals surface area contributed by atoms with Gasteiger partial charge in [-0.2, -0.15) is 0 Å². The predicted octanol–water partition coefficient (Wildman–Crippen LogP) is 2.49. The fourth-order valence-corrected chi connectivity index (χ4v) is 1.65. The first kappa shape index (κ1) is 9.15. The second kappa shape index (κ2) is 3.75. The van der Waals surface area contributed by atoms with Gasteiger partial charge in [0.25, 0.3) is 0 Å². The van der Waals surface area contributed by atoms with Crippen LogP contribution in [0.3, 0.4) is 0 Å². The highest BCUT2D eigenvalue weighted by Crippen LogP contribution is 2.27. The lowest BCUT2D eigenvalue weighted by atomic mass is 10.1. The number of anilines is 1. The molecule has 4 heteroatoms. The van der Waals surface area contributed by atoms with E-state index in [1.807, 2.05) is 18.2 Å². The van der Waals surface area contributed by atoms with Crippen LogP contribution in [0.2, 0.25) is 0 Å². The van der Waals surface area contributed by atoms with Crippen molar-refractivity contribution in [2.24, 2.45) is 0 Å². The van der Waals surface area contributed by atoms with Crippen molar-refractivity contribution in [1.82, 2.24) is 9.97 Å². The smallest absolute Gasteiger partial charge is 0.123 e. The van der Waals surface area contributed by atoms with Gasteiger partial charge in [-0.05, 0) is 39.7 Å². The van der Waals surface area contributed by atoms with Gasteiger partial charge in [0.05, 0.1) is 0 Å². The molecule has 0 aliphatic heterocycles. The first-order chi connectivity index (χ1) is 6.77. The minimum absolute atomic E-state index is 0.514. The van der Waals surface area contributed by atoms with Gasteiger partial charge in [-0.3, -0.25) is 4.98 Å². The second-order valence-electron chi connectivity index (χ2n) is 2.82. The molecule has 0 aliphatic rings. The number of nitrogens with two attached hydrogens (primary N) is 1. The van der Waals surface area contributed by atoms with Gasteiger partial charge in [0.1, 0.15) is 5.82 Å². The number of nitrogens with zero attached hydrogens (tertiary/aromatic N) is 2. The molecule has 2 rings (SSSR count). The number of hydrogen-bond donors (Lipinski definition) is 1. The predicted molar refractivity (Wildman–Crippen MR) is 59.6 cm³/mol. The van der Waals surface area contributed by atoms with Crippen molar-refractivity contribution < 1.29 is 0 Å². The Bertz CT molecular complexity index is 442. The van der Waals surface area contributed by atoms with Crippen molar-refractivity contribution in [1.29, 1.82) is 0 Å². The normalized spacial score (nSPS) is 10.1. The zero-order valence-corrected chi connectivity index (χ0v) is 8.90. The lowest BCUT2D eigenvalue weighted by Crippen LogP contribution is -1.91. The molecule has 0 aliphatic carbocycles. The van der Waals surface area contributed by atoms with Crippen molar-refractivity contribution in [3.05, 3.63) is 41.3 Å². The Morgan fingerprint density at radius 2 is 1.93 bits per heavy atom. The lowest BCUT2D eigenvalue weighted by molar-refractivity contribution is 1.30. The van der Waals surface area contributed by atoms with Gasteiger partial charge in [-0.1, -0.05) is 0 Å². The Morgan fingerprint density at radius 1 is 1.21 bits per heavy atom. The average Bonchev–Trinajstić information content (AvgIpc) is 2.23. The van der Waals surface area contributed by atoms with Crippen LogP contribution in [0, 0.1) is 0 Å². The quantitative estimate of drug-likeness (QED) is 0.845. The summed E-state index contributed by atoms with van der Waals surface area (Å²) in [7, 11) is 0. The van der Waals surface area contributed by atoms with E-state index < -0.39 is 0 Å². The molecule has 0 radical (unpaired) electrons. The van der Waals surface area contributed by atoms with Gasteiger partial charge >= 0.3 is 0 Å². The van der Waals surface area contributed by atoms with Crippen LogP contribution in [0.25, 0.3) is 11.1 Å². The monoisotopic (exact) mass is 249 g/mol. The number of rotatable bonds is 1. The van der Waals surface area contributed by atoms with Gasteiger partial charge in [-0.15, -0.1) is 0 Å². The minimum Gasteiger partial charge on any atom is -0.384 e. The second-order valence-corrected chi connectivity index (χ2v) is 3.68. The molecule has 0 saturated carbocycles. The van der Waals surface area contributed by atoms with Crippen LogP contribution in [0.1, 0.15) is 0 Å². The lowest BCUT2D eigenvalue weighted by Gasteiger charge is -2.04. The van der Waals surface area contributed by atoms with Crippen LogP contribution >= 0.6 is 15.9 Å². The van der Waals surface area contributed by atoms with Gasteiger partial charge in [0.2, 0.25) is 0 Å². The molecule has 0 saturated heterocycles. The summed E-state index contributed by atoms with van der Waals surface area (Å²) in [5, 5.41) is 0. The molecule has 2 aromatic heterocycles. The molecule has 0 amide bonds. The maximum absolute atomic E-state index is 5.62. The van der Waals surface area contributed by atoms with E-state index in [1.54, 1.807) is 18.6 Å². The average molecular weight is 250 g/mol. The van der Waals surface area contributed by atoms with E-state index in [1.165, 1.54) is 0 Å². The first-order valence-corrected chi connectivity index (χ1v) is 4.88. The molecule has 2 N–H and O–H groups in total. The molecule has 0 spiro atoms. The van der Waals surface area contributed by atoms with Crippen LogP contribution in [0.4, 0.5) is 5.82 Å². The molecule has 0 aromatic carbocycles. The Hall–Kier alpha value is -1.42. The first-order valence-electron chi connectivity index (χ1n) is 4.09. The van der Waals surface area contributed by atoms with E-state index in [2.05, 4.69) is 25.9 Å². The molecule has 0 unspecified atom stereocenters. The topological polar surface area (TPSA) is 51.8 Å². The maximum Gasteiger partial charge on any atom is 0.123 e. The summed E-state index contributed by atoms with van der Waals surface area (Å²) in [6, 6.07) is 5.69. The van der Waals surface area contributed by atoms with Crippen LogP contribution < -0.4 is 5.73 Å². The van der Waals surface area contributed by atoms with E-state index in [0.29, 0.717) is 5.82 Å². The minimum atomic E-state index is 0.514. The van der Waals surface area contributed by atoms with Crippen LogP contribution in [-0.4, -0.2) is 9.97 Å². The Morgan fingerprint density at radius 3 is 2.64 bits per heavy atom. The van der Waals surface area contributed by atoms with Crippen LogP contribution in [0.15, 0.2) is 41.3 Å². The number of hydrogen-bond acceptors (Lipinski definition) is 3. The van der Waals surface area contributed by atoms with Gasteiger partial charge in [0.15, 0.2) is 0 Å². The largest absolute Gasteiger partial charge is 0.384 e. The summed E-state index contributed by atoms with van der Waals surface area (Å²) in [4.78, 5) is 7.94. The molecule has 14 heavy (non-hydrogen) atoms. The number of halogens is 1. The van der Waals surface area contributed by atoms with Crippen molar-refractivity contribution in [3.63, 3.8) is 0 Å². The summed E-state index contributed by atoms with van der Waals surface area (Å²) in [5.74, 6) is 0.514. The number of aromatic nitrogens is 2. The van der Waals surface area contributed by atoms with Crippen molar-refractivity contribution in [2.45, 2.75) is 0 Å². The standard InChI is InChI=1S/C10H8BrN3/c11-9-6-14-10(12)5-8(9)7-1-3-13-4-2-7/h1-6H,(H2,12,14). The molecule has 2 aromatic rings. The fraction of sp³-hybridized carbons (Fsp3) is 0. The molecule has 0 fully saturated rings. The van der Waals surface area contributed by atoms with Gasteiger partial charge in [-0.25, -0.2) is 4.98 Å². The molecule has 2 heterocycles. The van der Waals surface area contributed by atoms with Crippen LogP contribution in [0.5, 0.6) is 0 Å². The summed E-state index contributed by atoms with van der Waals surface area (Å²) >= 11 is 3.43. The Kier molecular flexibility index (Phi) is 2.45. The summed E-state index contributed by atoms with van der Waals surface area (Å²) in [6.45, 7) is 0. The van der Waals surface area contributed by atoms with E-state index in [9.17, 15) is 0 Å². The Labute approximate surface area is 90.1 Å². The molecular weight excluding hydrogens is 242 g/mol. The van der Waals surface area contributed by atoms with E-state index >= 15 is 0 Å². The highest BCUT2D eigenvalue weighted by Gasteiger charge is 2.03. The van der Waals surface area contributed by atoms with Crippen molar-refractivity contribution >= 4 is 21.7 Å². The molecular formula is C10H8BrN3. The van der Waals surface area contributed by atoms with E-state index in [4.69, 9.17) is 5.73 Å². The highest BCUT2D eigenvalue weighted by atomic mass is 79.9. The third kappa shape index (κ3) is 1.75. The number of nitrogen functional groups attached to an aromatic ring is 1. The number of pyridine rings is 2.